The van der Waals surface area contributed by atoms with Crippen molar-refractivity contribution in [3.8, 4) is 33.4 Å². The number of hydrogen-bond acceptors (Lipinski definition) is 4. The van der Waals surface area contributed by atoms with Gasteiger partial charge in [0.05, 0.1) is 0 Å². The molecule has 1 aliphatic rings. The Kier molecular flexibility index (Phi) is 7.04. The first kappa shape index (κ1) is 34.1. The highest BCUT2D eigenvalue weighted by Crippen LogP contribution is 2.51. The number of fused-ring (bicyclic) bond motifs is 12. The van der Waals surface area contributed by atoms with E-state index >= 15 is 0 Å². The van der Waals surface area contributed by atoms with E-state index in [-0.39, 0.29) is 5.41 Å². The van der Waals surface area contributed by atoms with Crippen molar-refractivity contribution in [3.05, 3.63) is 199 Å². The molecule has 0 bridgehead atoms. The number of furan rings is 3. The van der Waals surface area contributed by atoms with E-state index in [4.69, 9.17) is 13.3 Å². The molecule has 1 aliphatic carbocycles. The molecule has 3 aromatic heterocycles. The molecule has 0 amide bonds. The van der Waals surface area contributed by atoms with Gasteiger partial charge in [0.2, 0.25) is 0 Å². The van der Waals surface area contributed by atoms with Crippen molar-refractivity contribution in [1.82, 2.24) is 0 Å². The zero-order valence-corrected chi connectivity index (χ0v) is 33.6. The van der Waals surface area contributed by atoms with Gasteiger partial charge in [-0.15, -0.1) is 0 Å². The highest BCUT2D eigenvalue weighted by Gasteiger charge is 2.36. The maximum Gasteiger partial charge on any atom is 0.143 e. The van der Waals surface area contributed by atoms with Crippen LogP contribution in [0, 0.1) is 0 Å². The summed E-state index contributed by atoms with van der Waals surface area (Å²) in [6.45, 7) is 4.67. The van der Waals surface area contributed by atoms with Gasteiger partial charge in [0.25, 0.3) is 0 Å². The number of rotatable bonds is 5. The lowest BCUT2D eigenvalue weighted by atomic mass is 9.82. The van der Waals surface area contributed by atoms with Crippen LogP contribution in [0.4, 0.5) is 17.1 Å². The van der Waals surface area contributed by atoms with Gasteiger partial charge in [0, 0.05) is 66.4 Å². The third-order valence-corrected chi connectivity index (χ3v) is 13.1. The summed E-state index contributed by atoms with van der Waals surface area (Å²) in [5.74, 6) is 0. The van der Waals surface area contributed by atoms with E-state index in [0.717, 1.165) is 99.6 Å². The Hall–Kier alpha value is -7.82. The fourth-order valence-electron chi connectivity index (χ4n) is 10.0. The standard InChI is InChI=1S/C57H37NO3/c1-57(2)49-17-8-6-13-41(49)42-27-24-38(30-50(42)57)58(37-22-19-35(20-23-37)40-15-10-16-46-43-14-7-9-18-51(43)61-56(40)46)39-25-28-45-48-33-54-47(32-55(48)60-53(45)31-39)44-26-21-36(29-52(44)59-54)34-11-4-3-5-12-34/h3-33H,1-2H3. The highest BCUT2D eigenvalue weighted by atomic mass is 16.3. The summed E-state index contributed by atoms with van der Waals surface area (Å²) in [6, 6.07) is 67.0. The molecule has 0 N–H and O–H groups in total. The van der Waals surface area contributed by atoms with E-state index in [2.05, 4.69) is 189 Å². The van der Waals surface area contributed by atoms with Crippen LogP contribution < -0.4 is 4.90 Å². The minimum absolute atomic E-state index is 0.143. The zero-order valence-electron chi connectivity index (χ0n) is 33.6. The van der Waals surface area contributed by atoms with Gasteiger partial charge in [-0.25, -0.2) is 0 Å². The van der Waals surface area contributed by atoms with Gasteiger partial charge >= 0.3 is 0 Å². The molecule has 0 saturated carbocycles. The molecule has 0 spiro atoms. The van der Waals surface area contributed by atoms with Gasteiger partial charge in [-0.2, -0.15) is 0 Å². The van der Waals surface area contributed by atoms with Crippen molar-refractivity contribution >= 4 is 82.9 Å². The van der Waals surface area contributed by atoms with Crippen LogP contribution in [0.25, 0.3) is 99.2 Å². The van der Waals surface area contributed by atoms with Gasteiger partial charge in [-0.3, -0.25) is 0 Å². The van der Waals surface area contributed by atoms with Gasteiger partial charge in [-0.05, 0) is 106 Å². The largest absolute Gasteiger partial charge is 0.456 e. The van der Waals surface area contributed by atoms with Crippen LogP contribution in [0.15, 0.2) is 201 Å². The molecule has 0 unspecified atom stereocenters. The van der Waals surface area contributed by atoms with Crippen molar-refractivity contribution in [3.63, 3.8) is 0 Å². The van der Waals surface area contributed by atoms with E-state index in [1.165, 1.54) is 27.8 Å². The molecule has 0 atom stereocenters. The van der Waals surface area contributed by atoms with Crippen LogP contribution in [0.3, 0.4) is 0 Å². The topological polar surface area (TPSA) is 42.7 Å². The molecule has 0 aliphatic heterocycles. The fourth-order valence-corrected chi connectivity index (χ4v) is 10.0. The van der Waals surface area contributed by atoms with Crippen LogP contribution >= 0.6 is 0 Å². The summed E-state index contributed by atoms with van der Waals surface area (Å²) >= 11 is 0. The molecular weight excluding hydrogens is 747 g/mol. The lowest BCUT2D eigenvalue weighted by Gasteiger charge is -2.28. The SMILES string of the molecule is CC1(C)c2ccccc2-c2ccc(N(c3ccc(-c4cccc5c4oc4ccccc45)cc3)c3ccc4c(c3)oc3cc5c(cc34)oc3cc(-c4ccccc4)ccc35)cc21. The van der Waals surface area contributed by atoms with Crippen molar-refractivity contribution in [2.24, 2.45) is 0 Å². The average Bonchev–Trinajstić information content (AvgIpc) is 4.03. The normalized spacial score (nSPS) is 13.2. The first-order chi connectivity index (χ1) is 30.0. The smallest absolute Gasteiger partial charge is 0.143 e. The Morgan fingerprint density at radius 2 is 0.902 bits per heavy atom. The second kappa shape index (κ2) is 12.6. The van der Waals surface area contributed by atoms with Crippen LogP contribution in [-0.2, 0) is 5.41 Å². The molecule has 4 heteroatoms. The molecule has 0 fully saturated rings. The molecule has 0 radical (unpaired) electrons. The first-order valence-corrected chi connectivity index (χ1v) is 20.9. The first-order valence-electron chi connectivity index (χ1n) is 20.9. The minimum Gasteiger partial charge on any atom is -0.456 e. The number of hydrogen-bond donors (Lipinski definition) is 0. The van der Waals surface area contributed by atoms with Gasteiger partial charge < -0.3 is 18.2 Å². The van der Waals surface area contributed by atoms with Crippen LogP contribution in [0.5, 0.6) is 0 Å². The van der Waals surface area contributed by atoms with Crippen molar-refractivity contribution in [1.29, 1.82) is 0 Å². The van der Waals surface area contributed by atoms with Gasteiger partial charge in [0.15, 0.2) is 0 Å². The quantitative estimate of drug-likeness (QED) is 0.174. The Bertz CT molecular complexity index is 3730. The molecule has 61 heavy (non-hydrogen) atoms. The molecule has 13 rings (SSSR count). The van der Waals surface area contributed by atoms with E-state index < -0.39 is 0 Å². The molecule has 4 nitrogen and oxygen atoms in total. The lowest BCUT2D eigenvalue weighted by Crippen LogP contribution is -2.16. The van der Waals surface area contributed by atoms with Gasteiger partial charge in [-0.1, -0.05) is 129 Å². The van der Waals surface area contributed by atoms with Gasteiger partial charge in [0.1, 0.15) is 33.5 Å². The Morgan fingerprint density at radius 1 is 0.328 bits per heavy atom. The zero-order chi connectivity index (χ0) is 40.4. The van der Waals surface area contributed by atoms with Crippen LogP contribution in [0.2, 0.25) is 0 Å². The third-order valence-electron chi connectivity index (χ3n) is 13.1. The fraction of sp³-hybridized carbons (Fsp3) is 0.0526. The maximum absolute atomic E-state index is 6.75. The molecule has 12 aromatic rings. The Morgan fingerprint density at radius 3 is 1.72 bits per heavy atom. The maximum atomic E-state index is 6.75. The molecule has 9 aromatic carbocycles. The second-order valence-electron chi connectivity index (χ2n) is 16.9. The molecule has 288 valence electrons. The second-order valence-corrected chi connectivity index (χ2v) is 16.9. The Balaban J connectivity index is 0.944. The van der Waals surface area contributed by atoms with Crippen molar-refractivity contribution in [2.45, 2.75) is 19.3 Å². The summed E-state index contributed by atoms with van der Waals surface area (Å²) in [7, 11) is 0. The van der Waals surface area contributed by atoms with Crippen LogP contribution in [0.1, 0.15) is 25.0 Å². The van der Waals surface area contributed by atoms with E-state index in [1.807, 2.05) is 18.2 Å². The van der Waals surface area contributed by atoms with E-state index in [9.17, 15) is 0 Å². The molecular formula is C57H37NO3. The Labute approximate surface area is 351 Å². The third kappa shape index (κ3) is 5.06. The average molecular weight is 784 g/mol. The van der Waals surface area contributed by atoms with Crippen LogP contribution in [-0.4, -0.2) is 0 Å². The summed E-state index contributed by atoms with van der Waals surface area (Å²) in [5, 5.41) is 6.45. The highest BCUT2D eigenvalue weighted by molar-refractivity contribution is 6.15. The van der Waals surface area contributed by atoms with Crippen molar-refractivity contribution in [2.75, 3.05) is 4.90 Å². The summed E-state index contributed by atoms with van der Waals surface area (Å²) in [6.07, 6.45) is 0. The molecule has 0 saturated heterocycles. The summed E-state index contributed by atoms with van der Waals surface area (Å²) < 4.78 is 19.7. The summed E-state index contributed by atoms with van der Waals surface area (Å²) in [4.78, 5) is 2.35. The molecule has 3 heterocycles. The number of para-hydroxylation sites is 2. The van der Waals surface area contributed by atoms with E-state index in [1.54, 1.807) is 0 Å². The van der Waals surface area contributed by atoms with Crippen molar-refractivity contribution < 1.29 is 13.3 Å². The minimum atomic E-state index is -0.143. The summed E-state index contributed by atoms with van der Waals surface area (Å²) in [5.41, 5.74) is 17.9. The number of benzene rings is 9. The number of nitrogens with zero attached hydrogens (tertiary/aromatic N) is 1. The monoisotopic (exact) mass is 783 g/mol. The lowest BCUT2D eigenvalue weighted by molar-refractivity contribution is 0.660. The van der Waals surface area contributed by atoms with E-state index in [0.29, 0.717) is 0 Å². The number of anilines is 3. The predicted molar refractivity (Wildman–Crippen MR) is 251 cm³/mol. The predicted octanol–water partition coefficient (Wildman–Crippen LogP) is 16.5.